The van der Waals surface area contributed by atoms with Gasteiger partial charge < -0.3 is 14.2 Å². The zero-order valence-electron chi connectivity index (χ0n) is 18.3. The molecule has 0 aliphatic heterocycles. The minimum atomic E-state index is -0.386. The molecule has 0 atom stereocenters. The van der Waals surface area contributed by atoms with E-state index in [0.29, 0.717) is 11.6 Å². The standard InChI is InChI=1S/C28H20BN3O2/c33-29-34-25-17-9-16-23-26(25)21-14-7-8-15-22(21)32(23)24-18-30-28(20-12-5-2-6-13-20)31-27(24)19-10-3-1-4-11-19/h1-18,29,33H. The molecule has 4 aromatic carbocycles. The topological polar surface area (TPSA) is 60.2 Å². The average molecular weight is 441 g/mol. The smallest absolute Gasteiger partial charge is 0.504 e. The third-order valence-corrected chi connectivity index (χ3v) is 5.97. The van der Waals surface area contributed by atoms with Gasteiger partial charge in [0, 0.05) is 21.9 Å². The van der Waals surface area contributed by atoms with Crippen LogP contribution < -0.4 is 4.65 Å². The Morgan fingerprint density at radius 3 is 2.15 bits per heavy atom. The second kappa shape index (κ2) is 8.50. The monoisotopic (exact) mass is 441 g/mol. The van der Waals surface area contributed by atoms with E-state index in [1.165, 1.54) is 0 Å². The molecule has 0 radical (unpaired) electrons. The number of aromatic nitrogens is 3. The van der Waals surface area contributed by atoms with Crippen LogP contribution in [0.3, 0.4) is 0 Å². The fourth-order valence-electron chi connectivity index (χ4n) is 4.51. The van der Waals surface area contributed by atoms with E-state index in [-0.39, 0.29) is 7.69 Å². The quantitative estimate of drug-likeness (QED) is 0.357. The molecule has 1 N–H and O–H groups in total. The van der Waals surface area contributed by atoms with Crippen LogP contribution in [0.5, 0.6) is 5.75 Å². The molecule has 0 aliphatic rings. The van der Waals surface area contributed by atoms with Gasteiger partial charge in [0.2, 0.25) is 0 Å². The Morgan fingerprint density at radius 1 is 0.706 bits per heavy atom. The summed E-state index contributed by atoms with van der Waals surface area (Å²) in [6.07, 6.45) is 1.89. The van der Waals surface area contributed by atoms with Crippen LogP contribution in [-0.2, 0) is 0 Å². The van der Waals surface area contributed by atoms with Crippen molar-refractivity contribution in [2.75, 3.05) is 0 Å². The lowest BCUT2D eigenvalue weighted by molar-refractivity contribution is 0.457. The van der Waals surface area contributed by atoms with Crippen molar-refractivity contribution < 1.29 is 9.68 Å². The second-order valence-corrected chi connectivity index (χ2v) is 7.94. The van der Waals surface area contributed by atoms with E-state index in [1.807, 2.05) is 79.0 Å². The van der Waals surface area contributed by atoms with Crippen LogP contribution in [0.15, 0.2) is 109 Å². The number of benzene rings is 4. The summed E-state index contributed by atoms with van der Waals surface area (Å²) in [7, 11) is -0.386. The van der Waals surface area contributed by atoms with E-state index in [9.17, 15) is 5.02 Å². The molecule has 6 rings (SSSR count). The first-order valence-electron chi connectivity index (χ1n) is 11.1. The molecule has 34 heavy (non-hydrogen) atoms. The number of hydrogen-bond donors (Lipinski definition) is 1. The summed E-state index contributed by atoms with van der Waals surface area (Å²) in [5, 5.41) is 11.4. The van der Waals surface area contributed by atoms with E-state index in [1.54, 1.807) is 0 Å². The van der Waals surface area contributed by atoms with Crippen molar-refractivity contribution >= 4 is 29.5 Å². The predicted molar refractivity (Wildman–Crippen MR) is 137 cm³/mol. The van der Waals surface area contributed by atoms with Gasteiger partial charge in [-0.1, -0.05) is 84.9 Å². The molecule has 2 aromatic heterocycles. The summed E-state index contributed by atoms with van der Waals surface area (Å²) in [6, 6.07) is 34.2. The lowest BCUT2D eigenvalue weighted by atomic mass is 10.1. The Balaban J connectivity index is 1.69. The number of rotatable bonds is 5. The molecule has 0 aliphatic carbocycles. The minimum Gasteiger partial charge on any atom is -0.538 e. The Hall–Kier alpha value is -4.42. The number of para-hydroxylation sites is 1. The van der Waals surface area contributed by atoms with Crippen molar-refractivity contribution in [3.05, 3.63) is 109 Å². The van der Waals surface area contributed by atoms with Gasteiger partial charge in [-0.25, -0.2) is 9.97 Å². The van der Waals surface area contributed by atoms with Crippen LogP contribution in [0.4, 0.5) is 0 Å². The largest absolute Gasteiger partial charge is 0.538 e. The second-order valence-electron chi connectivity index (χ2n) is 7.94. The molecule has 6 aromatic rings. The maximum absolute atomic E-state index is 9.46. The van der Waals surface area contributed by atoms with Gasteiger partial charge in [0.05, 0.1) is 28.6 Å². The van der Waals surface area contributed by atoms with Crippen molar-refractivity contribution in [3.63, 3.8) is 0 Å². The number of nitrogens with zero attached hydrogens (tertiary/aromatic N) is 3. The molecule has 0 saturated carbocycles. The zero-order valence-corrected chi connectivity index (χ0v) is 18.3. The SMILES string of the molecule is OBOc1cccc2c1c1ccccc1n2-c1cnc(-c2ccccc2)nc1-c1ccccc1. The Kier molecular flexibility index (Phi) is 5.05. The fraction of sp³-hybridized carbons (Fsp3) is 0. The Morgan fingerprint density at radius 2 is 1.38 bits per heavy atom. The van der Waals surface area contributed by atoms with Crippen molar-refractivity contribution in [3.8, 4) is 34.1 Å². The first-order valence-corrected chi connectivity index (χ1v) is 11.1. The zero-order chi connectivity index (χ0) is 22.9. The van der Waals surface area contributed by atoms with Gasteiger partial charge in [-0.05, 0) is 18.2 Å². The van der Waals surface area contributed by atoms with Crippen LogP contribution in [0.2, 0.25) is 0 Å². The summed E-state index contributed by atoms with van der Waals surface area (Å²) < 4.78 is 7.75. The average Bonchev–Trinajstić information content (AvgIpc) is 3.25. The third-order valence-electron chi connectivity index (χ3n) is 5.97. The lowest BCUT2D eigenvalue weighted by Crippen LogP contribution is -2.03. The summed E-state index contributed by atoms with van der Waals surface area (Å²) in [5.41, 5.74) is 5.65. The molecule has 0 saturated heterocycles. The van der Waals surface area contributed by atoms with Crippen LogP contribution in [-0.4, -0.2) is 27.2 Å². The van der Waals surface area contributed by atoms with E-state index < -0.39 is 0 Å². The maximum atomic E-state index is 9.46. The van der Waals surface area contributed by atoms with E-state index in [4.69, 9.17) is 14.6 Å². The molecule has 0 bridgehead atoms. The molecule has 2 heterocycles. The summed E-state index contributed by atoms with van der Waals surface area (Å²) >= 11 is 0. The molecule has 6 heteroatoms. The molecule has 0 amide bonds. The highest BCUT2D eigenvalue weighted by molar-refractivity contribution is 6.20. The third kappa shape index (κ3) is 3.32. The highest BCUT2D eigenvalue weighted by Crippen LogP contribution is 2.39. The molecule has 0 spiro atoms. The van der Waals surface area contributed by atoms with Crippen LogP contribution in [0.25, 0.3) is 50.1 Å². The molecule has 162 valence electrons. The van der Waals surface area contributed by atoms with Gasteiger partial charge in [-0.2, -0.15) is 0 Å². The highest BCUT2D eigenvalue weighted by atomic mass is 16.5. The maximum Gasteiger partial charge on any atom is 0.504 e. The summed E-state index contributed by atoms with van der Waals surface area (Å²) in [6.45, 7) is 0. The van der Waals surface area contributed by atoms with Gasteiger partial charge in [0.15, 0.2) is 5.82 Å². The van der Waals surface area contributed by atoms with Crippen LogP contribution in [0, 0.1) is 0 Å². The number of hydrogen-bond acceptors (Lipinski definition) is 4. The van der Waals surface area contributed by atoms with E-state index in [0.717, 1.165) is 44.3 Å². The molecular formula is C28H20BN3O2. The van der Waals surface area contributed by atoms with E-state index in [2.05, 4.69) is 34.9 Å². The summed E-state index contributed by atoms with van der Waals surface area (Å²) in [5.74, 6) is 1.31. The van der Waals surface area contributed by atoms with Gasteiger partial charge in [0.25, 0.3) is 0 Å². The minimum absolute atomic E-state index is 0.386. The molecular weight excluding hydrogens is 421 g/mol. The predicted octanol–water partition coefficient (Wildman–Crippen LogP) is 5.55. The Labute approximate surface area is 197 Å². The number of fused-ring (bicyclic) bond motifs is 3. The lowest BCUT2D eigenvalue weighted by Gasteiger charge is -2.14. The fourth-order valence-corrected chi connectivity index (χ4v) is 4.51. The molecule has 0 unspecified atom stereocenters. The Bertz CT molecular complexity index is 1620. The van der Waals surface area contributed by atoms with Crippen molar-refractivity contribution in [1.29, 1.82) is 0 Å². The van der Waals surface area contributed by atoms with Crippen molar-refractivity contribution in [2.24, 2.45) is 0 Å². The first-order chi connectivity index (χ1) is 16.8. The molecule has 5 nitrogen and oxygen atoms in total. The van der Waals surface area contributed by atoms with Gasteiger partial charge in [0.1, 0.15) is 5.75 Å². The van der Waals surface area contributed by atoms with E-state index >= 15 is 0 Å². The van der Waals surface area contributed by atoms with Crippen molar-refractivity contribution in [2.45, 2.75) is 0 Å². The summed E-state index contributed by atoms with van der Waals surface area (Å²) in [4.78, 5) is 9.80. The van der Waals surface area contributed by atoms with Gasteiger partial charge in [-0.3, -0.25) is 0 Å². The normalized spacial score (nSPS) is 11.1. The van der Waals surface area contributed by atoms with Gasteiger partial charge in [-0.15, -0.1) is 0 Å². The van der Waals surface area contributed by atoms with Crippen molar-refractivity contribution in [1.82, 2.24) is 14.5 Å². The first kappa shape index (κ1) is 20.2. The molecule has 0 fully saturated rings. The van der Waals surface area contributed by atoms with Crippen LogP contribution in [0.1, 0.15) is 0 Å². The highest BCUT2D eigenvalue weighted by Gasteiger charge is 2.20. The van der Waals surface area contributed by atoms with Gasteiger partial charge >= 0.3 is 7.69 Å². The van der Waals surface area contributed by atoms with Crippen LogP contribution >= 0.6 is 0 Å².